The maximum absolute atomic E-state index is 13.5. The molecule has 2 aliphatic heterocycles. The van der Waals surface area contributed by atoms with E-state index >= 15 is 0 Å². The highest BCUT2D eigenvalue weighted by Crippen LogP contribution is 2.44. The van der Waals surface area contributed by atoms with Crippen LogP contribution in [0.4, 0.5) is 18.0 Å². The standard InChI is InChI=1S/C20H17F3N2O5/c1-10-2-5-12(6-3-10)19(28)15(17(26)20(21,22)23)16(24-18(27)25-19)11-4-7-13-14(8-11)30-9-29-13/h2-8,15-16,28H,9H2,1H3,(H2,24,25,27)/t15-,16-,19-/m1/s1. The molecule has 0 spiro atoms. The normalized spacial score (nSPS) is 25.4. The summed E-state index contributed by atoms with van der Waals surface area (Å²) in [5.41, 5.74) is -1.70. The van der Waals surface area contributed by atoms with Gasteiger partial charge in [0.2, 0.25) is 12.6 Å². The maximum Gasteiger partial charge on any atom is 0.450 e. The minimum absolute atomic E-state index is 0.0451. The van der Waals surface area contributed by atoms with Crippen LogP contribution < -0.4 is 20.1 Å². The highest BCUT2D eigenvalue weighted by Gasteiger charge is 2.59. The first-order valence-corrected chi connectivity index (χ1v) is 8.98. The average molecular weight is 422 g/mol. The van der Waals surface area contributed by atoms with Crippen LogP contribution in [0.5, 0.6) is 11.5 Å². The molecule has 0 radical (unpaired) electrons. The predicted molar refractivity (Wildman–Crippen MR) is 96.6 cm³/mol. The van der Waals surface area contributed by atoms with Gasteiger partial charge in [-0.1, -0.05) is 35.9 Å². The Balaban J connectivity index is 1.86. The smallest absolute Gasteiger partial charge is 0.450 e. The van der Waals surface area contributed by atoms with E-state index in [9.17, 15) is 27.9 Å². The fourth-order valence-electron chi connectivity index (χ4n) is 3.71. The largest absolute Gasteiger partial charge is 0.454 e. The topological polar surface area (TPSA) is 96.9 Å². The van der Waals surface area contributed by atoms with Crippen LogP contribution in [0.1, 0.15) is 22.7 Å². The number of halogens is 3. The Morgan fingerprint density at radius 3 is 2.47 bits per heavy atom. The van der Waals surface area contributed by atoms with Gasteiger partial charge in [0.15, 0.2) is 17.2 Å². The van der Waals surface area contributed by atoms with Crippen molar-refractivity contribution in [1.82, 2.24) is 10.6 Å². The Morgan fingerprint density at radius 2 is 1.80 bits per heavy atom. The Kier molecular flexibility index (Phi) is 4.61. The van der Waals surface area contributed by atoms with Gasteiger partial charge >= 0.3 is 12.2 Å². The van der Waals surface area contributed by atoms with E-state index < -0.39 is 35.7 Å². The molecular formula is C20H17F3N2O5. The molecule has 2 aliphatic rings. The summed E-state index contributed by atoms with van der Waals surface area (Å²) < 4.78 is 51.0. The summed E-state index contributed by atoms with van der Waals surface area (Å²) in [5.74, 6) is -3.64. The second-order valence-corrected chi connectivity index (χ2v) is 7.16. The van der Waals surface area contributed by atoms with E-state index in [1.54, 1.807) is 19.1 Å². The van der Waals surface area contributed by atoms with Gasteiger partial charge in [0.05, 0.1) is 6.04 Å². The lowest BCUT2D eigenvalue weighted by Crippen LogP contribution is -2.66. The van der Waals surface area contributed by atoms with Crippen molar-refractivity contribution < 1.29 is 37.3 Å². The Hall–Kier alpha value is -3.27. The summed E-state index contributed by atoms with van der Waals surface area (Å²) in [6.45, 7) is 1.69. The molecule has 0 aliphatic carbocycles. The monoisotopic (exact) mass is 422 g/mol. The minimum atomic E-state index is -5.25. The number of fused-ring (bicyclic) bond motifs is 1. The first-order chi connectivity index (χ1) is 14.1. The van der Waals surface area contributed by atoms with Gasteiger partial charge in [-0.25, -0.2) is 4.79 Å². The number of rotatable bonds is 3. The summed E-state index contributed by atoms with van der Waals surface area (Å²) in [4.78, 5) is 24.8. The van der Waals surface area contributed by atoms with Crippen molar-refractivity contribution in [3.63, 3.8) is 0 Å². The third-order valence-corrected chi connectivity index (χ3v) is 5.18. The van der Waals surface area contributed by atoms with Crippen molar-refractivity contribution in [2.45, 2.75) is 24.9 Å². The molecule has 4 rings (SSSR count). The molecule has 158 valence electrons. The van der Waals surface area contributed by atoms with E-state index in [4.69, 9.17) is 9.47 Å². The van der Waals surface area contributed by atoms with Crippen LogP contribution in [0, 0.1) is 12.8 Å². The van der Waals surface area contributed by atoms with Crippen molar-refractivity contribution in [2.75, 3.05) is 6.79 Å². The van der Waals surface area contributed by atoms with E-state index in [1.807, 2.05) is 0 Å². The average Bonchev–Trinajstić information content (AvgIpc) is 3.14. The number of urea groups is 1. The number of ketones is 1. The maximum atomic E-state index is 13.5. The van der Waals surface area contributed by atoms with Crippen LogP contribution in [-0.2, 0) is 10.5 Å². The summed E-state index contributed by atoms with van der Waals surface area (Å²) in [5, 5.41) is 15.7. The lowest BCUT2D eigenvalue weighted by molar-refractivity contribution is -0.190. The number of Topliss-reactive ketones (excluding diaryl/α,β-unsaturated/α-hetero) is 1. The van der Waals surface area contributed by atoms with Gasteiger partial charge in [-0.15, -0.1) is 0 Å². The molecule has 2 amide bonds. The number of aliphatic hydroxyl groups is 1. The fraction of sp³-hybridized carbons (Fsp3) is 0.300. The molecule has 1 saturated heterocycles. The number of hydrogen-bond acceptors (Lipinski definition) is 5. The molecule has 0 bridgehead atoms. The van der Waals surface area contributed by atoms with Crippen LogP contribution in [0.2, 0.25) is 0 Å². The molecule has 0 unspecified atom stereocenters. The lowest BCUT2D eigenvalue weighted by atomic mass is 9.76. The Morgan fingerprint density at radius 1 is 1.13 bits per heavy atom. The minimum Gasteiger partial charge on any atom is -0.454 e. The summed E-state index contributed by atoms with van der Waals surface area (Å²) in [6, 6.07) is 7.72. The fourth-order valence-corrected chi connectivity index (χ4v) is 3.71. The van der Waals surface area contributed by atoms with Crippen molar-refractivity contribution in [3.8, 4) is 11.5 Å². The first-order valence-electron chi connectivity index (χ1n) is 8.98. The second-order valence-electron chi connectivity index (χ2n) is 7.16. The molecule has 2 heterocycles. The zero-order chi connectivity index (χ0) is 21.7. The summed E-state index contributed by atoms with van der Waals surface area (Å²) >= 11 is 0. The van der Waals surface area contributed by atoms with Gasteiger partial charge in [-0.05, 0) is 24.6 Å². The molecule has 2 aromatic rings. The summed E-state index contributed by atoms with van der Waals surface area (Å²) in [7, 11) is 0. The van der Waals surface area contributed by atoms with E-state index in [0.29, 0.717) is 5.75 Å². The Labute approximate surface area is 168 Å². The number of carbonyl (C=O) groups excluding carboxylic acids is 2. The lowest BCUT2D eigenvalue weighted by Gasteiger charge is -2.45. The molecule has 3 N–H and O–H groups in total. The van der Waals surface area contributed by atoms with Gasteiger partial charge in [-0.2, -0.15) is 13.2 Å². The molecule has 0 saturated carbocycles. The SMILES string of the molecule is Cc1ccc([C@]2(O)NC(=O)N[C@H](c3ccc4c(c3)OCO4)[C@@H]2C(=O)C(F)(F)F)cc1. The zero-order valence-electron chi connectivity index (χ0n) is 15.6. The highest BCUT2D eigenvalue weighted by atomic mass is 19.4. The van der Waals surface area contributed by atoms with Crippen LogP contribution in [0.3, 0.4) is 0 Å². The van der Waals surface area contributed by atoms with Crippen molar-refractivity contribution in [2.24, 2.45) is 5.92 Å². The van der Waals surface area contributed by atoms with Crippen molar-refractivity contribution in [1.29, 1.82) is 0 Å². The number of ether oxygens (including phenoxy) is 2. The first kappa shape index (κ1) is 20.0. The van der Waals surface area contributed by atoms with Gasteiger partial charge in [0.25, 0.3) is 0 Å². The quantitative estimate of drug-likeness (QED) is 0.707. The predicted octanol–water partition coefficient (Wildman–Crippen LogP) is 2.67. The molecule has 0 aromatic heterocycles. The number of nitrogens with one attached hydrogen (secondary N) is 2. The number of benzene rings is 2. The molecule has 30 heavy (non-hydrogen) atoms. The molecule has 10 heteroatoms. The van der Waals surface area contributed by atoms with Crippen molar-refractivity contribution >= 4 is 11.8 Å². The number of carbonyl (C=O) groups is 2. The van der Waals surface area contributed by atoms with Gasteiger partial charge in [-0.3, -0.25) is 4.79 Å². The Bertz CT molecular complexity index is 1010. The van der Waals surface area contributed by atoms with Crippen LogP contribution in [0.15, 0.2) is 42.5 Å². The van der Waals surface area contributed by atoms with E-state index in [-0.39, 0.29) is 23.7 Å². The zero-order valence-corrected chi connectivity index (χ0v) is 15.6. The highest BCUT2D eigenvalue weighted by molar-refractivity contribution is 5.91. The van der Waals surface area contributed by atoms with E-state index in [1.165, 1.54) is 30.3 Å². The number of hydrogen-bond donors (Lipinski definition) is 3. The molecule has 3 atom stereocenters. The van der Waals surface area contributed by atoms with Crippen molar-refractivity contribution in [3.05, 3.63) is 59.2 Å². The van der Waals surface area contributed by atoms with Crippen LogP contribution in [-0.4, -0.2) is 29.9 Å². The van der Waals surface area contributed by atoms with Crippen LogP contribution in [0.25, 0.3) is 0 Å². The number of alkyl halides is 3. The van der Waals surface area contributed by atoms with Gasteiger partial charge in [0, 0.05) is 5.56 Å². The molecule has 2 aromatic carbocycles. The summed E-state index contributed by atoms with van der Waals surface area (Å²) in [6.07, 6.45) is -5.25. The van der Waals surface area contributed by atoms with Crippen LogP contribution >= 0.6 is 0 Å². The molecule has 7 nitrogen and oxygen atoms in total. The van der Waals surface area contributed by atoms with Gasteiger partial charge < -0.3 is 25.2 Å². The third-order valence-electron chi connectivity index (χ3n) is 5.18. The molecular weight excluding hydrogens is 405 g/mol. The van der Waals surface area contributed by atoms with Gasteiger partial charge in [0.1, 0.15) is 5.92 Å². The number of aryl methyl sites for hydroxylation is 1. The number of amides is 2. The second kappa shape index (κ2) is 6.91. The third kappa shape index (κ3) is 3.32. The molecule has 1 fully saturated rings. The van der Waals surface area contributed by atoms with E-state index in [0.717, 1.165) is 5.56 Å². The van der Waals surface area contributed by atoms with E-state index in [2.05, 4.69) is 10.6 Å².